The van der Waals surface area contributed by atoms with Gasteiger partial charge in [-0.15, -0.1) is 5.10 Å². The Bertz CT molecular complexity index is 965. The molecule has 4 rings (SSSR count). The maximum absolute atomic E-state index is 12.6. The van der Waals surface area contributed by atoms with Gasteiger partial charge in [0.2, 0.25) is 11.9 Å². The largest absolute Gasteiger partial charge is 0.486 e. The Morgan fingerprint density at radius 1 is 1.12 bits per heavy atom. The molecule has 26 heavy (non-hydrogen) atoms. The fourth-order valence-corrected chi connectivity index (χ4v) is 2.60. The van der Waals surface area contributed by atoms with Crippen molar-refractivity contribution in [3.63, 3.8) is 0 Å². The molecule has 2 aromatic carbocycles. The molecule has 0 atom stereocenters. The number of carbonyl (C=O) groups excluding carboxylic acids is 1. The third-order valence-corrected chi connectivity index (χ3v) is 3.92. The van der Waals surface area contributed by atoms with E-state index in [2.05, 4.69) is 15.4 Å². The molecule has 0 spiro atoms. The average Bonchev–Trinajstić information content (AvgIpc) is 3.02. The first-order valence-electron chi connectivity index (χ1n) is 8.11. The number of carbonyl (C=O) groups is 1. The van der Waals surface area contributed by atoms with Gasteiger partial charge in [0, 0.05) is 17.3 Å². The molecule has 0 bridgehead atoms. The first-order chi connectivity index (χ1) is 12.6. The summed E-state index contributed by atoms with van der Waals surface area (Å²) in [4.78, 5) is 16.7. The van der Waals surface area contributed by atoms with Gasteiger partial charge in [-0.3, -0.25) is 4.79 Å². The quantitative estimate of drug-likeness (QED) is 0.746. The highest BCUT2D eigenvalue weighted by Gasteiger charge is 2.17. The molecule has 2 heterocycles. The lowest BCUT2D eigenvalue weighted by atomic mass is 10.1. The second-order valence-electron chi connectivity index (χ2n) is 5.86. The first kappa shape index (κ1) is 15.9. The molecular formula is C18H17N5O3. The van der Waals surface area contributed by atoms with Gasteiger partial charge in [0.05, 0.1) is 0 Å². The summed E-state index contributed by atoms with van der Waals surface area (Å²) in [6.07, 6.45) is 0. The molecule has 8 nitrogen and oxygen atoms in total. The van der Waals surface area contributed by atoms with Gasteiger partial charge in [0.15, 0.2) is 11.5 Å². The summed E-state index contributed by atoms with van der Waals surface area (Å²) >= 11 is 0. The molecule has 1 aromatic heterocycles. The van der Waals surface area contributed by atoms with E-state index < -0.39 is 0 Å². The number of rotatable bonds is 3. The molecule has 0 radical (unpaired) electrons. The number of aromatic nitrogens is 3. The third-order valence-electron chi connectivity index (χ3n) is 3.92. The Morgan fingerprint density at radius 2 is 1.85 bits per heavy atom. The molecule has 0 saturated heterocycles. The van der Waals surface area contributed by atoms with Crippen LogP contribution in [0.2, 0.25) is 0 Å². The monoisotopic (exact) mass is 351 g/mol. The van der Waals surface area contributed by atoms with Gasteiger partial charge in [-0.05, 0) is 31.2 Å². The van der Waals surface area contributed by atoms with E-state index in [1.54, 1.807) is 24.3 Å². The van der Waals surface area contributed by atoms with Gasteiger partial charge in [0.1, 0.15) is 13.2 Å². The molecule has 3 N–H and O–H groups in total. The summed E-state index contributed by atoms with van der Waals surface area (Å²) in [6.45, 7) is 2.98. The van der Waals surface area contributed by atoms with Crippen LogP contribution in [0.15, 0.2) is 42.5 Å². The summed E-state index contributed by atoms with van der Waals surface area (Å²) in [5.41, 5.74) is 8.11. The van der Waals surface area contributed by atoms with E-state index in [9.17, 15) is 4.79 Å². The lowest BCUT2D eigenvalue weighted by Crippen LogP contribution is -2.16. The van der Waals surface area contributed by atoms with Crippen LogP contribution in [0.5, 0.6) is 11.5 Å². The van der Waals surface area contributed by atoms with Gasteiger partial charge in [-0.1, -0.05) is 17.7 Å². The predicted octanol–water partition coefficient (Wildman–Crippen LogP) is 2.37. The van der Waals surface area contributed by atoms with Crippen molar-refractivity contribution in [3.8, 4) is 11.5 Å². The van der Waals surface area contributed by atoms with E-state index in [1.807, 2.05) is 25.1 Å². The number of anilines is 3. The highest BCUT2D eigenvalue weighted by atomic mass is 16.6. The number of nitrogens with two attached hydrogens (primary N) is 1. The van der Waals surface area contributed by atoms with Crippen LogP contribution in [0, 0.1) is 6.92 Å². The van der Waals surface area contributed by atoms with E-state index >= 15 is 0 Å². The Kier molecular flexibility index (Phi) is 3.92. The number of benzene rings is 2. The minimum atomic E-state index is -0.342. The van der Waals surface area contributed by atoms with Crippen LogP contribution >= 0.6 is 0 Å². The third kappa shape index (κ3) is 3.04. The molecule has 1 aliphatic heterocycles. The van der Waals surface area contributed by atoms with Gasteiger partial charge in [0.25, 0.3) is 5.91 Å². The summed E-state index contributed by atoms with van der Waals surface area (Å²) in [5.74, 6) is 1.22. The van der Waals surface area contributed by atoms with Crippen molar-refractivity contribution in [2.45, 2.75) is 6.92 Å². The van der Waals surface area contributed by atoms with Crippen LogP contribution in [0.4, 0.5) is 17.6 Å². The number of nitrogens with one attached hydrogen (secondary N) is 1. The fraction of sp³-hybridized carbons (Fsp3) is 0.167. The van der Waals surface area contributed by atoms with E-state index in [4.69, 9.17) is 15.2 Å². The smallest absolute Gasteiger partial charge is 0.281 e. The lowest BCUT2D eigenvalue weighted by Gasteiger charge is -2.18. The van der Waals surface area contributed by atoms with Crippen LogP contribution in [-0.4, -0.2) is 33.9 Å². The summed E-state index contributed by atoms with van der Waals surface area (Å²) < 4.78 is 12.1. The molecule has 8 heteroatoms. The maximum Gasteiger partial charge on any atom is 0.281 e. The molecule has 0 saturated carbocycles. The van der Waals surface area contributed by atoms with Crippen molar-refractivity contribution in [1.29, 1.82) is 0 Å². The number of fused-ring (bicyclic) bond motifs is 1. The Balaban J connectivity index is 1.56. The Labute approximate surface area is 149 Å². The van der Waals surface area contributed by atoms with Gasteiger partial charge < -0.3 is 20.5 Å². The van der Waals surface area contributed by atoms with Gasteiger partial charge >= 0.3 is 0 Å². The molecule has 0 unspecified atom stereocenters. The molecule has 0 fully saturated rings. The molecule has 3 aromatic rings. The molecule has 132 valence electrons. The minimum Gasteiger partial charge on any atom is -0.486 e. The number of ether oxygens (including phenoxy) is 2. The van der Waals surface area contributed by atoms with Gasteiger partial charge in [-0.25, -0.2) is 0 Å². The highest BCUT2D eigenvalue weighted by Crippen LogP contribution is 2.33. The number of nitrogens with zero attached hydrogens (tertiary/aromatic N) is 3. The van der Waals surface area contributed by atoms with Crippen LogP contribution in [-0.2, 0) is 0 Å². The highest BCUT2D eigenvalue weighted by molar-refractivity contribution is 5.96. The average molecular weight is 351 g/mol. The summed E-state index contributed by atoms with van der Waals surface area (Å²) in [7, 11) is 0. The normalized spacial score (nSPS) is 12.7. The minimum absolute atomic E-state index is 0.00983. The molecule has 0 amide bonds. The SMILES string of the molecule is Cc1ccc(C(=O)n2nc(Nc3ccc4c(c3)OCCO4)nc2N)cc1. The van der Waals surface area contributed by atoms with E-state index in [1.165, 1.54) is 0 Å². The van der Waals surface area contributed by atoms with Crippen LogP contribution in [0.3, 0.4) is 0 Å². The lowest BCUT2D eigenvalue weighted by molar-refractivity contribution is 0.0948. The summed E-state index contributed by atoms with van der Waals surface area (Å²) in [5, 5.41) is 7.18. The van der Waals surface area contributed by atoms with E-state index in [0.29, 0.717) is 36.0 Å². The van der Waals surface area contributed by atoms with Crippen molar-refractivity contribution < 1.29 is 14.3 Å². The van der Waals surface area contributed by atoms with Crippen LogP contribution in [0.1, 0.15) is 15.9 Å². The van der Waals surface area contributed by atoms with Crippen LogP contribution < -0.4 is 20.5 Å². The topological polar surface area (TPSA) is 104 Å². The fourth-order valence-electron chi connectivity index (χ4n) is 2.60. The molecule has 1 aliphatic rings. The standard InChI is InChI=1S/C18H17N5O3/c1-11-2-4-12(5-3-11)16(24)23-17(19)21-18(22-23)20-13-6-7-14-15(10-13)26-9-8-25-14/h2-7,10H,8-9H2,1H3,(H3,19,20,21,22). The van der Waals surface area contributed by atoms with Crippen molar-refractivity contribution >= 4 is 23.5 Å². The van der Waals surface area contributed by atoms with Crippen LogP contribution in [0.25, 0.3) is 0 Å². The van der Waals surface area contributed by atoms with Crippen molar-refractivity contribution in [3.05, 3.63) is 53.6 Å². The van der Waals surface area contributed by atoms with Crippen molar-refractivity contribution in [1.82, 2.24) is 14.8 Å². The zero-order valence-corrected chi connectivity index (χ0v) is 14.1. The van der Waals surface area contributed by atoms with E-state index in [0.717, 1.165) is 10.2 Å². The molecular weight excluding hydrogens is 334 g/mol. The van der Waals surface area contributed by atoms with Crippen molar-refractivity contribution in [2.24, 2.45) is 0 Å². The first-order valence-corrected chi connectivity index (χ1v) is 8.11. The van der Waals surface area contributed by atoms with Crippen molar-refractivity contribution in [2.75, 3.05) is 24.3 Å². The zero-order chi connectivity index (χ0) is 18.1. The second kappa shape index (κ2) is 6.40. The summed E-state index contributed by atoms with van der Waals surface area (Å²) in [6, 6.07) is 12.6. The molecule has 0 aliphatic carbocycles. The number of aryl methyl sites for hydroxylation is 1. The zero-order valence-electron chi connectivity index (χ0n) is 14.1. The number of hydrogen-bond acceptors (Lipinski definition) is 7. The van der Waals surface area contributed by atoms with E-state index in [-0.39, 0.29) is 17.8 Å². The Hall–Kier alpha value is -3.55. The maximum atomic E-state index is 12.6. The number of hydrogen-bond donors (Lipinski definition) is 2. The van der Waals surface area contributed by atoms with Gasteiger partial charge in [-0.2, -0.15) is 9.67 Å². The number of nitrogen functional groups attached to an aromatic ring is 1. The second-order valence-corrected chi connectivity index (χ2v) is 5.86. The Morgan fingerprint density at radius 3 is 2.62 bits per heavy atom. The predicted molar refractivity (Wildman–Crippen MR) is 96.1 cm³/mol.